The van der Waals surface area contributed by atoms with Gasteiger partial charge < -0.3 is 24.0 Å². The van der Waals surface area contributed by atoms with Crippen molar-refractivity contribution in [2.45, 2.75) is 44.6 Å². The van der Waals surface area contributed by atoms with Crippen molar-refractivity contribution in [3.05, 3.63) is 0 Å². The smallest absolute Gasteiger partial charge is 0.801 e. The van der Waals surface area contributed by atoms with Gasteiger partial charge in [0.15, 0.2) is 0 Å². The Hall–Kier alpha value is 2.34. The van der Waals surface area contributed by atoms with E-state index >= 15 is 0 Å². The second-order valence-corrected chi connectivity index (χ2v) is 7.74. The first-order chi connectivity index (χ1) is 6.65. The molecule has 0 aromatic heterocycles. The molecule has 0 bridgehead atoms. The van der Waals surface area contributed by atoms with Crippen LogP contribution in [0.5, 0.6) is 0 Å². The molecule has 0 spiro atoms. The Morgan fingerprint density at radius 2 is 1.47 bits per heavy atom. The maximum atomic E-state index is 10.7. The van der Waals surface area contributed by atoms with Crippen molar-refractivity contribution in [1.29, 1.82) is 0 Å². The molecule has 1 N–H and O–H groups in total. The SMILES string of the molecule is CC(C)CC(C)(O)CC([PH](=O)[O-])[PH](=O)[O-].[Na+].[Na+]. The van der Waals surface area contributed by atoms with Gasteiger partial charge in [-0.3, -0.25) is 0 Å². The molecule has 0 fully saturated rings. The van der Waals surface area contributed by atoms with Crippen LogP contribution in [0, 0.1) is 5.92 Å². The third-order valence-corrected chi connectivity index (χ3v) is 5.02. The van der Waals surface area contributed by atoms with E-state index in [1.165, 1.54) is 6.92 Å². The van der Waals surface area contributed by atoms with Gasteiger partial charge in [0.2, 0.25) is 0 Å². The summed E-state index contributed by atoms with van der Waals surface area (Å²) in [6.07, 6.45) is 0.154. The third-order valence-electron chi connectivity index (χ3n) is 2.06. The fraction of sp³-hybridized carbons (Fsp3) is 1.00. The summed E-state index contributed by atoms with van der Waals surface area (Å²) in [5.74, 6) is 0.184. The zero-order chi connectivity index (χ0) is 12.2. The van der Waals surface area contributed by atoms with Gasteiger partial charge in [-0.15, -0.1) is 0 Å². The molecule has 0 aliphatic carbocycles. The summed E-state index contributed by atoms with van der Waals surface area (Å²) in [6, 6.07) is 0. The Bertz CT molecular complexity index is 246. The van der Waals surface area contributed by atoms with Gasteiger partial charge in [0, 0.05) is 21.5 Å². The molecule has 0 radical (unpaired) electrons. The molecule has 0 heterocycles. The van der Waals surface area contributed by atoms with Crippen molar-refractivity contribution >= 4 is 16.1 Å². The fourth-order valence-electron chi connectivity index (χ4n) is 1.67. The zero-order valence-electron chi connectivity index (χ0n) is 11.1. The summed E-state index contributed by atoms with van der Waals surface area (Å²) in [5, 5.41) is 8.44. The Morgan fingerprint density at radius 3 is 1.71 bits per heavy atom. The van der Waals surface area contributed by atoms with E-state index in [1.807, 2.05) is 13.8 Å². The minimum Gasteiger partial charge on any atom is -0.801 e. The fourth-order valence-corrected chi connectivity index (χ4v) is 3.65. The summed E-state index contributed by atoms with van der Waals surface area (Å²) in [5.41, 5.74) is -1.24. The van der Waals surface area contributed by atoms with Crippen LogP contribution in [0.2, 0.25) is 0 Å². The van der Waals surface area contributed by atoms with Crippen LogP contribution in [0.3, 0.4) is 0 Å². The summed E-state index contributed by atoms with van der Waals surface area (Å²) in [6.45, 7) is 5.23. The maximum Gasteiger partial charge on any atom is 1.00 e. The van der Waals surface area contributed by atoms with Crippen molar-refractivity contribution in [1.82, 2.24) is 0 Å². The van der Waals surface area contributed by atoms with Gasteiger partial charge in [-0.2, -0.15) is 0 Å². The minimum atomic E-state index is -3.38. The predicted octanol–water partition coefficient (Wildman–Crippen LogP) is -5.82. The Labute approximate surface area is 148 Å². The van der Waals surface area contributed by atoms with Crippen LogP contribution in [-0.4, -0.2) is 16.1 Å². The maximum absolute atomic E-state index is 10.7. The molecule has 0 aliphatic heterocycles. The van der Waals surface area contributed by atoms with E-state index in [1.54, 1.807) is 0 Å². The summed E-state index contributed by atoms with van der Waals surface area (Å²) in [4.78, 5) is 21.4. The number of hydrogen-bond acceptors (Lipinski definition) is 5. The van der Waals surface area contributed by atoms with Crippen LogP contribution < -0.4 is 68.9 Å². The topological polar surface area (TPSA) is 100 Å². The van der Waals surface area contributed by atoms with Gasteiger partial charge in [-0.05, 0) is 25.7 Å². The van der Waals surface area contributed by atoms with Crippen LogP contribution in [-0.2, 0) is 9.13 Å². The van der Waals surface area contributed by atoms with E-state index in [4.69, 9.17) is 0 Å². The standard InChI is InChI=1S/C8H20O5P2.2Na/c1-6(2)4-8(3,9)5-7(14(10)11)15(12)13;;/h6-7,9,14-15H,4-5H2,1-3H3,(H,10,11)(H,12,13);;/q;2*+1/p-2. The van der Waals surface area contributed by atoms with Crippen LogP contribution in [0.4, 0.5) is 0 Å². The largest absolute Gasteiger partial charge is 1.00 e. The van der Waals surface area contributed by atoms with E-state index in [2.05, 4.69) is 0 Å². The quantitative estimate of drug-likeness (QED) is 0.389. The average molecular weight is 302 g/mol. The van der Waals surface area contributed by atoms with Crippen molar-refractivity contribution in [3.8, 4) is 0 Å². The number of aliphatic hydroxyl groups is 1. The first-order valence-corrected chi connectivity index (χ1v) is 7.58. The Balaban J connectivity index is -0.000000980. The summed E-state index contributed by atoms with van der Waals surface area (Å²) < 4.78 is 21.4. The van der Waals surface area contributed by atoms with Gasteiger partial charge in [0.05, 0.1) is 5.60 Å². The van der Waals surface area contributed by atoms with Crippen molar-refractivity contribution in [3.63, 3.8) is 0 Å². The molecule has 0 aromatic rings. The number of rotatable bonds is 6. The third kappa shape index (κ3) is 11.8. The number of hydrogen-bond donors (Lipinski definition) is 1. The summed E-state index contributed by atoms with van der Waals surface area (Å²) in [7, 11) is -6.76. The molecular formula is C8H18Na2O5P2. The normalized spacial score (nSPS) is 19.5. The van der Waals surface area contributed by atoms with Crippen molar-refractivity contribution in [2.24, 2.45) is 5.92 Å². The molecule has 0 amide bonds. The van der Waals surface area contributed by atoms with E-state index in [0.717, 1.165) is 0 Å². The first kappa shape index (κ1) is 24.4. The average Bonchev–Trinajstić information content (AvgIpc) is 1.96. The van der Waals surface area contributed by atoms with Crippen molar-refractivity contribution < 1.29 is 83.1 Å². The molecule has 9 heteroatoms. The van der Waals surface area contributed by atoms with E-state index in [0.29, 0.717) is 6.42 Å². The molecule has 0 saturated carbocycles. The van der Waals surface area contributed by atoms with Crippen LogP contribution >= 0.6 is 16.1 Å². The van der Waals surface area contributed by atoms with Crippen molar-refractivity contribution in [2.75, 3.05) is 0 Å². The van der Waals surface area contributed by atoms with Gasteiger partial charge in [-0.1, -0.05) is 13.8 Å². The van der Waals surface area contributed by atoms with Crippen LogP contribution in [0.1, 0.15) is 33.6 Å². The van der Waals surface area contributed by atoms with Gasteiger partial charge in [0.1, 0.15) is 0 Å². The Kier molecular flexibility index (Phi) is 15.8. The molecule has 0 rings (SSSR count). The molecular weight excluding hydrogens is 284 g/mol. The van der Waals surface area contributed by atoms with Gasteiger partial charge in [0.25, 0.3) is 0 Å². The minimum absolute atomic E-state index is 0. The van der Waals surface area contributed by atoms with Gasteiger partial charge in [-0.25, -0.2) is 0 Å². The van der Waals surface area contributed by atoms with E-state index < -0.39 is 27.1 Å². The predicted molar refractivity (Wildman–Crippen MR) is 56.5 cm³/mol. The molecule has 0 aliphatic rings. The summed E-state index contributed by atoms with van der Waals surface area (Å²) >= 11 is 0. The second-order valence-electron chi connectivity index (χ2n) is 4.49. The molecule has 17 heavy (non-hydrogen) atoms. The first-order valence-electron chi connectivity index (χ1n) is 4.80. The zero-order valence-corrected chi connectivity index (χ0v) is 17.1. The van der Waals surface area contributed by atoms with Gasteiger partial charge >= 0.3 is 59.1 Å². The molecule has 92 valence electrons. The van der Waals surface area contributed by atoms with E-state index in [-0.39, 0.29) is 71.5 Å². The van der Waals surface area contributed by atoms with Crippen LogP contribution in [0.25, 0.3) is 0 Å². The molecule has 0 saturated heterocycles. The molecule has 0 aromatic carbocycles. The molecule has 3 unspecified atom stereocenters. The molecule has 5 nitrogen and oxygen atoms in total. The molecule has 3 atom stereocenters. The van der Waals surface area contributed by atoms with E-state index in [9.17, 15) is 24.0 Å². The van der Waals surface area contributed by atoms with Crippen LogP contribution in [0.15, 0.2) is 0 Å². The Morgan fingerprint density at radius 1 is 1.12 bits per heavy atom. The second kappa shape index (κ2) is 11.0. The monoisotopic (exact) mass is 302 g/mol.